The molecule has 1 aromatic rings. The second-order valence-corrected chi connectivity index (χ2v) is 6.42. The average molecular weight is 288 g/mol. The summed E-state index contributed by atoms with van der Waals surface area (Å²) in [6, 6.07) is 6.08. The molecule has 4 heteroatoms. The number of nitrogens with zero attached hydrogens (tertiary/aromatic N) is 2. The van der Waals surface area contributed by atoms with Gasteiger partial charge in [-0.05, 0) is 44.9 Å². The zero-order valence-corrected chi connectivity index (χ0v) is 12.9. The van der Waals surface area contributed by atoms with Crippen molar-refractivity contribution >= 4 is 5.91 Å². The van der Waals surface area contributed by atoms with Crippen LogP contribution in [-0.2, 0) is 0 Å². The maximum Gasteiger partial charge on any atom is 0.257 e. The number of hydrogen-bond donors (Lipinski definition) is 1. The van der Waals surface area contributed by atoms with Gasteiger partial charge < -0.3 is 10.0 Å². The molecule has 3 rings (SSSR count). The van der Waals surface area contributed by atoms with Crippen LogP contribution in [0.25, 0.3) is 0 Å². The quantitative estimate of drug-likeness (QED) is 0.863. The third kappa shape index (κ3) is 2.64. The summed E-state index contributed by atoms with van der Waals surface area (Å²) in [7, 11) is 0. The van der Waals surface area contributed by atoms with Crippen molar-refractivity contribution in [2.75, 3.05) is 19.6 Å². The van der Waals surface area contributed by atoms with Gasteiger partial charge >= 0.3 is 0 Å². The highest BCUT2D eigenvalue weighted by molar-refractivity contribution is 5.97. The van der Waals surface area contributed by atoms with Gasteiger partial charge in [0.2, 0.25) is 0 Å². The van der Waals surface area contributed by atoms with Gasteiger partial charge in [-0.2, -0.15) is 0 Å². The van der Waals surface area contributed by atoms with Crippen LogP contribution < -0.4 is 0 Å². The minimum atomic E-state index is -0.0334. The number of carbonyl (C=O) groups excluding carboxylic acids is 1. The van der Waals surface area contributed by atoms with Crippen molar-refractivity contribution in [3.8, 4) is 5.75 Å². The largest absolute Gasteiger partial charge is 0.507 e. The second-order valence-electron chi connectivity index (χ2n) is 6.42. The number of rotatable bonds is 1. The highest BCUT2D eigenvalue weighted by Crippen LogP contribution is 2.28. The van der Waals surface area contributed by atoms with Gasteiger partial charge in [-0.1, -0.05) is 18.6 Å². The van der Waals surface area contributed by atoms with Crippen LogP contribution >= 0.6 is 0 Å². The Morgan fingerprint density at radius 3 is 2.90 bits per heavy atom. The van der Waals surface area contributed by atoms with Gasteiger partial charge in [-0.25, -0.2) is 0 Å². The number of phenolic OH excluding ortho intramolecular Hbond substituents is 1. The van der Waals surface area contributed by atoms with Crippen LogP contribution in [0.2, 0.25) is 0 Å². The maximum absolute atomic E-state index is 12.8. The first-order chi connectivity index (χ1) is 10.1. The van der Waals surface area contributed by atoms with Gasteiger partial charge in [0.25, 0.3) is 5.91 Å². The predicted octanol–water partition coefficient (Wildman–Crippen LogP) is 2.40. The van der Waals surface area contributed by atoms with Crippen LogP contribution in [0, 0.1) is 6.92 Å². The van der Waals surface area contributed by atoms with E-state index in [1.807, 2.05) is 24.0 Å². The highest BCUT2D eigenvalue weighted by Gasteiger charge is 2.36. The Morgan fingerprint density at radius 1 is 1.29 bits per heavy atom. The van der Waals surface area contributed by atoms with Gasteiger partial charge in [0.1, 0.15) is 5.75 Å². The molecule has 2 heterocycles. The lowest BCUT2D eigenvalue weighted by molar-refractivity contribution is 0.0150. The van der Waals surface area contributed by atoms with Crippen molar-refractivity contribution in [1.29, 1.82) is 0 Å². The predicted molar refractivity (Wildman–Crippen MR) is 82.6 cm³/mol. The molecule has 1 aromatic carbocycles. The molecule has 2 unspecified atom stereocenters. The third-order valence-electron chi connectivity index (χ3n) is 4.92. The van der Waals surface area contributed by atoms with Gasteiger partial charge in [0, 0.05) is 25.2 Å². The molecule has 0 spiro atoms. The molecule has 0 aromatic heterocycles. The number of hydrogen-bond acceptors (Lipinski definition) is 3. The van der Waals surface area contributed by atoms with Crippen molar-refractivity contribution in [3.63, 3.8) is 0 Å². The van der Waals surface area contributed by atoms with E-state index in [2.05, 4.69) is 11.8 Å². The van der Waals surface area contributed by atoms with Gasteiger partial charge in [0.15, 0.2) is 0 Å². The molecule has 0 aliphatic carbocycles. The Kier molecular flexibility index (Phi) is 3.89. The fourth-order valence-electron chi connectivity index (χ4n) is 3.62. The van der Waals surface area contributed by atoms with Crippen LogP contribution in [0.3, 0.4) is 0 Å². The summed E-state index contributed by atoms with van der Waals surface area (Å²) >= 11 is 0. The molecule has 114 valence electrons. The molecule has 2 aliphatic heterocycles. The van der Waals surface area contributed by atoms with Crippen molar-refractivity contribution < 1.29 is 9.90 Å². The summed E-state index contributed by atoms with van der Waals surface area (Å²) in [4.78, 5) is 17.3. The molecular formula is C17H24N2O2. The molecular weight excluding hydrogens is 264 g/mol. The van der Waals surface area contributed by atoms with Crippen molar-refractivity contribution in [2.24, 2.45) is 0 Å². The molecule has 2 aliphatic rings. The molecule has 1 amide bonds. The van der Waals surface area contributed by atoms with Gasteiger partial charge in [0.05, 0.1) is 5.56 Å². The van der Waals surface area contributed by atoms with Gasteiger partial charge in [-0.3, -0.25) is 9.69 Å². The fourth-order valence-corrected chi connectivity index (χ4v) is 3.62. The van der Waals surface area contributed by atoms with Crippen LogP contribution in [0.1, 0.15) is 42.1 Å². The maximum atomic E-state index is 12.8. The molecule has 0 bridgehead atoms. The average Bonchev–Trinajstić information content (AvgIpc) is 2.48. The molecule has 0 saturated carbocycles. The lowest BCUT2D eigenvalue weighted by Crippen LogP contribution is -2.60. The Hall–Kier alpha value is -1.55. The first-order valence-corrected chi connectivity index (χ1v) is 7.91. The minimum absolute atomic E-state index is 0.0334. The summed E-state index contributed by atoms with van der Waals surface area (Å²) < 4.78 is 0. The molecule has 2 saturated heterocycles. The minimum Gasteiger partial charge on any atom is -0.507 e. The number of para-hydroxylation sites is 1. The number of amides is 1. The lowest BCUT2D eigenvalue weighted by Gasteiger charge is -2.47. The highest BCUT2D eigenvalue weighted by atomic mass is 16.3. The number of piperidine rings is 1. The molecule has 21 heavy (non-hydrogen) atoms. The third-order valence-corrected chi connectivity index (χ3v) is 4.92. The topological polar surface area (TPSA) is 43.8 Å². The number of fused-ring (bicyclic) bond motifs is 1. The van der Waals surface area contributed by atoms with Crippen LogP contribution in [0.5, 0.6) is 5.75 Å². The first kappa shape index (κ1) is 14.4. The van der Waals surface area contributed by atoms with E-state index in [0.29, 0.717) is 11.6 Å². The fraction of sp³-hybridized carbons (Fsp3) is 0.588. The molecule has 1 N–H and O–H groups in total. The van der Waals surface area contributed by atoms with E-state index >= 15 is 0 Å². The number of benzene rings is 1. The number of phenols is 1. The normalized spacial score (nSPS) is 26.5. The monoisotopic (exact) mass is 288 g/mol. The van der Waals surface area contributed by atoms with Gasteiger partial charge in [-0.15, -0.1) is 0 Å². The number of aromatic hydroxyl groups is 1. The first-order valence-electron chi connectivity index (χ1n) is 7.91. The molecule has 2 atom stereocenters. The summed E-state index contributed by atoms with van der Waals surface area (Å²) in [5, 5.41) is 10.2. The molecule has 0 radical (unpaired) electrons. The Labute approximate surface area is 126 Å². The lowest BCUT2D eigenvalue weighted by atomic mass is 9.96. The zero-order chi connectivity index (χ0) is 15.0. The van der Waals surface area contributed by atoms with E-state index in [-0.39, 0.29) is 17.7 Å². The smallest absolute Gasteiger partial charge is 0.257 e. The van der Waals surface area contributed by atoms with Crippen LogP contribution in [0.4, 0.5) is 0 Å². The van der Waals surface area contributed by atoms with E-state index in [1.54, 1.807) is 6.07 Å². The van der Waals surface area contributed by atoms with E-state index < -0.39 is 0 Å². The molecule has 2 fully saturated rings. The molecule has 4 nitrogen and oxygen atoms in total. The summed E-state index contributed by atoms with van der Waals surface area (Å²) in [6.07, 6.45) is 3.71. The van der Waals surface area contributed by atoms with Crippen molar-refractivity contribution in [2.45, 2.75) is 45.2 Å². The number of carbonyl (C=O) groups is 1. The van der Waals surface area contributed by atoms with E-state index in [1.165, 1.54) is 19.3 Å². The SMILES string of the molecule is Cc1cccc(C(=O)N2CC3CCCCN3CC2C)c1O. The Balaban J connectivity index is 1.82. The van der Waals surface area contributed by atoms with Crippen molar-refractivity contribution in [1.82, 2.24) is 9.80 Å². The zero-order valence-electron chi connectivity index (χ0n) is 12.9. The summed E-state index contributed by atoms with van der Waals surface area (Å²) in [6.45, 7) is 6.83. The summed E-state index contributed by atoms with van der Waals surface area (Å²) in [5.41, 5.74) is 1.19. The standard InChI is InChI=1S/C17H24N2O2/c1-12-6-5-8-15(16(12)20)17(21)19-11-14-7-3-4-9-18(14)10-13(19)2/h5-6,8,13-14,20H,3-4,7,9-11H2,1-2H3. The van der Waals surface area contributed by atoms with E-state index in [4.69, 9.17) is 0 Å². The summed E-state index contributed by atoms with van der Waals surface area (Å²) in [5.74, 6) is 0.0923. The van der Waals surface area contributed by atoms with Crippen LogP contribution in [0.15, 0.2) is 18.2 Å². The van der Waals surface area contributed by atoms with Crippen LogP contribution in [-0.4, -0.2) is 52.5 Å². The van der Waals surface area contributed by atoms with E-state index in [9.17, 15) is 9.90 Å². The second kappa shape index (κ2) is 5.68. The van der Waals surface area contributed by atoms with E-state index in [0.717, 1.165) is 25.2 Å². The van der Waals surface area contributed by atoms with Crippen molar-refractivity contribution in [3.05, 3.63) is 29.3 Å². The Morgan fingerprint density at radius 2 is 2.10 bits per heavy atom. The Bertz CT molecular complexity index is 544. The number of aryl methyl sites for hydroxylation is 1. The number of piperazine rings is 1.